The highest BCUT2D eigenvalue weighted by atomic mass is 16.5. The molecule has 1 aliphatic carbocycles. The first-order valence-electron chi connectivity index (χ1n) is 9.99. The van der Waals surface area contributed by atoms with Crippen molar-refractivity contribution < 1.29 is 4.74 Å². The largest absolute Gasteiger partial charge is 0.374 e. The number of ether oxygens (including phenoxy) is 1. The third-order valence-electron chi connectivity index (χ3n) is 5.72. The quantitative estimate of drug-likeness (QED) is 0.795. The Morgan fingerprint density at radius 2 is 2.11 bits per heavy atom. The van der Waals surface area contributed by atoms with Crippen LogP contribution in [-0.2, 0) is 18.3 Å². The lowest BCUT2D eigenvalue weighted by atomic mass is 9.87. The highest BCUT2D eigenvalue weighted by Crippen LogP contribution is 2.31. The zero-order valence-electron chi connectivity index (χ0n) is 16.0. The summed E-state index contributed by atoms with van der Waals surface area (Å²) in [5, 5.41) is 12.8. The zero-order valence-corrected chi connectivity index (χ0v) is 16.0. The summed E-state index contributed by atoms with van der Waals surface area (Å²) >= 11 is 0. The summed E-state index contributed by atoms with van der Waals surface area (Å²) in [5.74, 6) is 0.585. The van der Waals surface area contributed by atoms with Crippen LogP contribution in [0.25, 0.3) is 0 Å². The van der Waals surface area contributed by atoms with Crippen molar-refractivity contribution in [2.75, 3.05) is 24.6 Å². The van der Waals surface area contributed by atoms with E-state index < -0.39 is 0 Å². The van der Waals surface area contributed by atoms with E-state index in [0.29, 0.717) is 12.5 Å². The number of hydrogen-bond acceptors (Lipinski definition) is 6. The molecule has 1 aliphatic heterocycles. The highest BCUT2D eigenvalue weighted by molar-refractivity contribution is 5.43. The SMILES string of the molecule is Cn1ncc(N2CCOC(CCn3cc(C4CCCCC4)nn3)C2)cc1=O. The Kier molecular flexibility index (Phi) is 5.52. The van der Waals surface area contributed by atoms with Gasteiger partial charge in [0.05, 0.1) is 30.3 Å². The Bertz CT molecular complexity index is 811. The van der Waals surface area contributed by atoms with Gasteiger partial charge in [0, 0.05) is 44.9 Å². The van der Waals surface area contributed by atoms with Gasteiger partial charge in [0.2, 0.25) is 0 Å². The maximum Gasteiger partial charge on any atom is 0.268 e. The van der Waals surface area contributed by atoms with Crippen molar-refractivity contribution in [2.24, 2.45) is 7.05 Å². The van der Waals surface area contributed by atoms with Crippen molar-refractivity contribution in [1.29, 1.82) is 0 Å². The lowest BCUT2D eigenvalue weighted by Gasteiger charge is -2.34. The number of anilines is 1. The summed E-state index contributed by atoms with van der Waals surface area (Å²) in [4.78, 5) is 14.0. The fourth-order valence-electron chi connectivity index (χ4n) is 4.05. The summed E-state index contributed by atoms with van der Waals surface area (Å²) in [7, 11) is 1.66. The van der Waals surface area contributed by atoms with Gasteiger partial charge >= 0.3 is 0 Å². The second kappa shape index (κ2) is 8.21. The first-order valence-corrected chi connectivity index (χ1v) is 9.99. The molecule has 8 nitrogen and oxygen atoms in total. The van der Waals surface area contributed by atoms with E-state index in [4.69, 9.17) is 4.74 Å². The van der Waals surface area contributed by atoms with Gasteiger partial charge in [0.1, 0.15) is 0 Å². The molecule has 0 bridgehead atoms. The summed E-state index contributed by atoms with van der Waals surface area (Å²) in [6, 6.07) is 1.64. The van der Waals surface area contributed by atoms with E-state index in [-0.39, 0.29) is 11.7 Å². The fourth-order valence-corrected chi connectivity index (χ4v) is 4.05. The molecule has 1 unspecified atom stereocenters. The lowest BCUT2D eigenvalue weighted by molar-refractivity contribution is 0.0318. The normalized spacial score (nSPS) is 21.5. The van der Waals surface area contributed by atoms with Gasteiger partial charge in [0.15, 0.2) is 0 Å². The first kappa shape index (κ1) is 18.2. The standard InChI is InChI=1S/C19H28N6O2/c1-23-19(26)11-16(12-20-23)24-9-10-27-17(13-24)7-8-25-14-18(21-22-25)15-5-3-2-4-6-15/h11-12,14-15,17H,2-10,13H2,1H3. The first-order chi connectivity index (χ1) is 13.2. The van der Waals surface area contributed by atoms with Crippen LogP contribution >= 0.6 is 0 Å². The third kappa shape index (κ3) is 4.37. The molecule has 2 aromatic rings. The topological polar surface area (TPSA) is 78.1 Å². The van der Waals surface area contributed by atoms with Crippen LogP contribution in [0.5, 0.6) is 0 Å². The predicted octanol–water partition coefficient (Wildman–Crippen LogP) is 1.71. The predicted molar refractivity (Wildman–Crippen MR) is 102 cm³/mol. The lowest BCUT2D eigenvalue weighted by Crippen LogP contribution is -2.43. The van der Waals surface area contributed by atoms with E-state index in [2.05, 4.69) is 26.5 Å². The van der Waals surface area contributed by atoms with E-state index in [1.165, 1.54) is 36.8 Å². The van der Waals surface area contributed by atoms with E-state index in [0.717, 1.165) is 37.4 Å². The Hall–Kier alpha value is -2.22. The molecule has 0 spiro atoms. The van der Waals surface area contributed by atoms with Gasteiger partial charge in [0.25, 0.3) is 5.56 Å². The molecule has 2 aliphatic rings. The molecule has 0 radical (unpaired) electrons. The third-order valence-corrected chi connectivity index (χ3v) is 5.72. The number of rotatable bonds is 5. The van der Waals surface area contributed by atoms with Crippen LogP contribution in [0.1, 0.15) is 50.1 Å². The van der Waals surface area contributed by atoms with Crippen molar-refractivity contribution in [3.8, 4) is 0 Å². The van der Waals surface area contributed by atoms with Gasteiger partial charge < -0.3 is 9.64 Å². The molecule has 0 aromatic carbocycles. The van der Waals surface area contributed by atoms with E-state index in [1.807, 2.05) is 4.68 Å². The molecule has 0 amide bonds. The zero-order chi connectivity index (χ0) is 18.6. The Morgan fingerprint density at radius 1 is 1.26 bits per heavy atom. The van der Waals surface area contributed by atoms with Crippen molar-refractivity contribution in [3.05, 3.63) is 34.5 Å². The van der Waals surface area contributed by atoms with Gasteiger partial charge in [-0.05, 0) is 19.3 Å². The average Bonchev–Trinajstić information content (AvgIpc) is 3.18. The van der Waals surface area contributed by atoms with Crippen LogP contribution in [0.4, 0.5) is 5.69 Å². The molecule has 2 aromatic heterocycles. The molecular formula is C19H28N6O2. The number of aromatic nitrogens is 5. The second-order valence-corrected chi connectivity index (χ2v) is 7.64. The maximum atomic E-state index is 11.8. The van der Waals surface area contributed by atoms with Crippen LogP contribution in [0, 0.1) is 0 Å². The number of nitrogens with zero attached hydrogens (tertiary/aromatic N) is 6. The number of aryl methyl sites for hydroxylation is 2. The molecule has 0 N–H and O–H groups in total. The minimum absolute atomic E-state index is 0.0894. The summed E-state index contributed by atoms with van der Waals surface area (Å²) in [5.41, 5.74) is 1.92. The van der Waals surface area contributed by atoms with E-state index >= 15 is 0 Å². The Morgan fingerprint density at radius 3 is 2.93 bits per heavy atom. The van der Waals surface area contributed by atoms with Crippen molar-refractivity contribution in [1.82, 2.24) is 24.8 Å². The molecule has 8 heteroatoms. The monoisotopic (exact) mass is 372 g/mol. The van der Waals surface area contributed by atoms with Crippen LogP contribution < -0.4 is 10.5 Å². The fraction of sp³-hybridized carbons (Fsp3) is 0.684. The molecule has 3 heterocycles. The van der Waals surface area contributed by atoms with Crippen LogP contribution in [0.15, 0.2) is 23.3 Å². The second-order valence-electron chi connectivity index (χ2n) is 7.64. The number of morpholine rings is 1. The van der Waals surface area contributed by atoms with Crippen LogP contribution in [0.2, 0.25) is 0 Å². The molecule has 146 valence electrons. The maximum absolute atomic E-state index is 11.8. The van der Waals surface area contributed by atoms with Crippen molar-refractivity contribution in [3.63, 3.8) is 0 Å². The van der Waals surface area contributed by atoms with Crippen LogP contribution in [-0.4, -0.2) is 50.6 Å². The smallest absolute Gasteiger partial charge is 0.268 e. The molecule has 4 rings (SSSR count). The molecule has 2 fully saturated rings. The summed E-state index contributed by atoms with van der Waals surface area (Å²) in [6.45, 7) is 3.00. The molecule has 27 heavy (non-hydrogen) atoms. The van der Waals surface area contributed by atoms with Gasteiger partial charge in [-0.3, -0.25) is 9.48 Å². The molecule has 1 saturated heterocycles. The molecular weight excluding hydrogens is 344 g/mol. The summed E-state index contributed by atoms with van der Waals surface area (Å²) in [6.07, 6.45) is 11.3. The average molecular weight is 372 g/mol. The van der Waals surface area contributed by atoms with Crippen molar-refractivity contribution >= 4 is 5.69 Å². The van der Waals surface area contributed by atoms with E-state index in [9.17, 15) is 4.79 Å². The highest BCUT2D eigenvalue weighted by Gasteiger charge is 2.22. The minimum atomic E-state index is -0.0894. The van der Waals surface area contributed by atoms with Crippen molar-refractivity contribution in [2.45, 2.75) is 57.1 Å². The van der Waals surface area contributed by atoms with Gasteiger partial charge in [-0.2, -0.15) is 5.10 Å². The molecule has 1 saturated carbocycles. The van der Waals surface area contributed by atoms with E-state index in [1.54, 1.807) is 19.3 Å². The van der Waals surface area contributed by atoms with Gasteiger partial charge in [-0.25, -0.2) is 4.68 Å². The number of hydrogen-bond donors (Lipinski definition) is 0. The van der Waals surface area contributed by atoms with Gasteiger partial charge in [-0.1, -0.05) is 24.5 Å². The van der Waals surface area contributed by atoms with Gasteiger partial charge in [-0.15, -0.1) is 5.10 Å². The Labute approximate surface area is 159 Å². The minimum Gasteiger partial charge on any atom is -0.374 e. The molecule has 1 atom stereocenters. The Balaban J connectivity index is 1.32. The van der Waals surface area contributed by atoms with Crippen LogP contribution in [0.3, 0.4) is 0 Å². The summed E-state index contributed by atoms with van der Waals surface area (Å²) < 4.78 is 9.22.